The second-order valence-electron chi connectivity index (χ2n) is 6.61. The number of pyridine rings is 1. The number of hydrogen-bond donors (Lipinski definition) is 2. The summed E-state index contributed by atoms with van der Waals surface area (Å²) >= 11 is 1.74. The predicted octanol–water partition coefficient (Wildman–Crippen LogP) is 4.24. The van der Waals surface area contributed by atoms with Crippen molar-refractivity contribution >= 4 is 17.2 Å². The predicted molar refractivity (Wildman–Crippen MR) is 106 cm³/mol. The summed E-state index contributed by atoms with van der Waals surface area (Å²) in [6, 6.07) is 12.3. The minimum atomic E-state index is 0.278. The number of anilines is 1. The quantitative estimate of drug-likeness (QED) is 0.726. The molecule has 1 aliphatic rings. The van der Waals surface area contributed by atoms with Crippen LogP contribution in [-0.4, -0.2) is 28.0 Å². The van der Waals surface area contributed by atoms with Crippen molar-refractivity contribution in [3.8, 4) is 27.9 Å². The molecule has 0 radical (unpaired) electrons. The largest absolute Gasteiger partial charge is 0.383 e. The molecule has 26 heavy (non-hydrogen) atoms. The topological polar surface area (TPSA) is 81.7 Å². The van der Waals surface area contributed by atoms with E-state index in [0.29, 0.717) is 5.56 Å². The van der Waals surface area contributed by atoms with Crippen LogP contribution in [0.2, 0.25) is 0 Å². The number of nitrogen functional groups attached to an aromatic ring is 1. The Hall–Kier alpha value is -2.62. The van der Waals surface area contributed by atoms with Crippen LogP contribution in [0.25, 0.3) is 21.8 Å². The number of nitrogens with two attached hydrogens (primary N) is 1. The molecule has 3 N–H and O–H groups in total. The number of nitriles is 1. The standard InChI is InChI=1S/C20H21N5S/c21-12-16-15(11-18(24-20(16)22)17-5-4-8-23-17)19-7-6-14(26-19)13-25-9-2-1-3-10-25/h4-8,11,23H,1-3,9-10,13H2,(H2,22,24). The molecule has 6 heteroatoms. The van der Waals surface area contributed by atoms with E-state index in [4.69, 9.17) is 5.73 Å². The molecule has 0 bridgehead atoms. The molecule has 3 aromatic heterocycles. The third-order valence-electron chi connectivity index (χ3n) is 4.79. The van der Waals surface area contributed by atoms with Crippen molar-refractivity contribution in [2.24, 2.45) is 0 Å². The van der Waals surface area contributed by atoms with E-state index in [1.807, 2.05) is 24.4 Å². The number of hydrogen-bond acceptors (Lipinski definition) is 5. The summed E-state index contributed by atoms with van der Waals surface area (Å²) in [4.78, 5) is 12.4. The first-order valence-electron chi connectivity index (χ1n) is 8.90. The van der Waals surface area contributed by atoms with Crippen molar-refractivity contribution in [2.45, 2.75) is 25.8 Å². The van der Waals surface area contributed by atoms with Gasteiger partial charge in [0, 0.05) is 28.1 Å². The van der Waals surface area contributed by atoms with Gasteiger partial charge in [-0.15, -0.1) is 11.3 Å². The maximum atomic E-state index is 9.57. The fraction of sp³-hybridized carbons (Fsp3) is 0.300. The molecule has 0 aliphatic carbocycles. The highest BCUT2D eigenvalue weighted by atomic mass is 32.1. The van der Waals surface area contributed by atoms with Crippen LogP contribution in [0.3, 0.4) is 0 Å². The first-order valence-corrected chi connectivity index (χ1v) is 9.72. The summed E-state index contributed by atoms with van der Waals surface area (Å²) in [6.45, 7) is 3.34. The zero-order chi connectivity index (χ0) is 17.9. The number of H-pyrrole nitrogens is 1. The van der Waals surface area contributed by atoms with Gasteiger partial charge in [0.2, 0.25) is 0 Å². The number of thiophene rings is 1. The summed E-state index contributed by atoms with van der Waals surface area (Å²) < 4.78 is 0. The van der Waals surface area contributed by atoms with Crippen molar-refractivity contribution in [2.75, 3.05) is 18.8 Å². The van der Waals surface area contributed by atoms with Crippen LogP contribution in [-0.2, 0) is 6.54 Å². The van der Waals surface area contributed by atoms with Gasteiger partial charge in [0.15, 0.2) is 0 Å². The van der Waals surface area contributed by atoms with E-state index in [1.54, 1.807) is 11.3 Å². The summed E-state index contributed by atoms with van der Waals surface area (Å²) in [6.07, 6.45) is 5.77. The van der Waals surface area contributed by atoms with Crippen LogP contribution in [0.15, 0.2) is 36.5 Å². The number of aromatic amines is 1. The van der Waals surface area contributed by atoms with Crippen molar-refractivity contribution in [3.63, 3.8) is 0 Å². The van der Waals surface area contributed by atoms with Gasteiger partial charge in [0.05, 0.1) is 11.4 Å². The molecule has 4 heterocycles. The lowest BCUT2D eigenvalue weighted by atomic mass is 10.1. The maximum absolute atomic E-state index is 9.57. The number of nitrogens with one attached hydrogen (secondary N) is 1. The fourth-order valence-electron chi connectivity index (χ4n) is 3.45. The number of piperidine rings is 1. The van der Waals surface area contributed by atoms with E-state index < -0.39 is 0 Å². The molecule has 0 saturated carbocycles. The number of likely N-dealkylation sites (tertiary alicyclic amines) is 1. The molecule has 1 aliphatic heterocycles. The Balaban J connectivity index is 1.67. The molecular formula is C20H21N5S. The minimum Gasteiger partial charge on any atom is -0.383 e. The molecule has 0 spiro atoms. The van der Waals surface area contributed by atoms with Crippen molar-refractivity contribution in [3.05, 3.63) is 47.0 Å². The van der Waals surface area contributed by atoms with Gasteiger partial charge in [-0.1, -0.05) is 6.42 Å². The van der Waals surface area contributed by atoms with Gasteiger partial charge in [-0.2, -0.15) is 5.26 Å². The second-order valence-corrected chi connectivity index (χ2v) is 7.78. The normalized spacial score (nSPS) is 15.0. The number of aromatic nitrogens is 2. The summed E-state index contributed by atoms with van der Waals surface area (Å²) in [5.74, 6) is 0.278. The lowest BCUT2D eigenvalue weighted by Crippen LogP contribution is -2.28. The van der Waals surface area contributed by atoms with Crippen LogP contribution >= 0.6 is 11.3 Å². The van der Waals surface area contributed by atoms with Crippen molar-refractivity contribution in [1.82, 2.24) is 14.9 Å². The molecule has 0 aromatic carbocycles. The van der Waals surface area contributed by atoms with Crippen LogP contribution < -0.4 is 5.73 Å². The molecule has 0 atom stereocenters. The van der Waals surface area contributed by atoms with Gasteiger partial charge in [-0.05, 0) is 56.3 Å². The van der Waals surface area contributed by atoms with Gasteiger partial charge in [0.1, 0.15) is 17.5 Å². The third-order valence-corrected chi connectivity index (χ3v) is 5.89. The SMILES string of the molecule is N#Cc1c(-c2ccc(CN3CCCCC3)s2)cc(-c2ccc[nH]2)nc1N. The summed E-state index contributed by atoms with van der Waals surface area (Å²) in [5.41, 5.74) is 9.05. The second kappa shape index (κ2) is 7.32. The Morgan fingerprint density at radius 1 is 1.23 bits per heavy atom. The van der Waals surface area contributed by atoms with Gasteiger partial charge < -0.3 is 10.7 Å². The van der Waals surface area contributed by atoms with Crippen LogP contribution in [0.5, 0.6) is 0 Å². The molecular weight excluding hydrogens is 342 g/mol. The van der Waals surface area contributed by atoms with Gasteiger partial charge in [0.25, 0.3) is 0 Å². The van der Waals surface area contributed by atoms with E-state index in [9.17, 15) is 5.26 Å². The Bertz CT molecular complexity index is 930. The zero-order valence-electron chi connectivity index (χ0n) is 14.5. The molecule has 4 rings (SSSR count). The zero-order valence-corrected chi connectivity index (χ0v) is 15.4. The van der Waals surface area contributed by atoms with Gasteiger partial charge in [-0.25, -0.2) is 4.98 Å². The highest BCUT2D eigenvalue weighted by Crippen LogP contribution is 2.35. The van der Waals surface area contributed by atoms with Crippen LogP contribution in [0.1, 0.15) is 29.7 Å². The first-order chi connectivity index (χ1) is 12.7. The van der Waals surface area contributed by atoms with E-state index in [0.717, 1.165) is 28.4 Å². The number of nitrogens with zero attached hydrogens (tertiary/aromatic N) is 3. The molecule has 3 aromatic rings. The van der Waals surface area contributed by atoms with Crippen molar-refractivity contribution in [1.29, 1.82) is 5.26 Å². The van der Waals surface area contributed by atoms with Gasteiger partial charge >= 0.3 is 0 Å². The first kappa shape index (κ1) is 16.8. The summed E-state index contributed by atoms with van der Waals surface area (Å²) in [5, 5.41) is 9.57. The molecule has 0 unspecified atom stereocenters. The van der Waals surface area contributed by atoms with Crippen molar-refractivity contribution < 1.29 is 0 Å². The molecule has 1 fully saturated rings. The lowest BCUT2D eigenvalue weighted by Gasteiger charge is -2.25. The Kier molecular flexibility index (Phi) is 4.74. The lowest BCUT2D eigenvalue weighted by molar-refractivity contribution is 0.222. The maximum Gasteiger partial charge on any atom is 0.142 e. The Morgan fingerprint density at radius 2 is 2.08 bits per heavy atom. The van der Waals surface area contributed by atoms with E-state index >= 15 is 0 Å². The monoisotopic (exact) mass is 363 g/mol. The highest BCUT2D eigenvalue weighted by molar-refractivity contribution is 7.15. The minimum absolute atomic E-state index is 0.278. The van der Waals surface area contributed by atoms with Gasteiger partial charge in [-0.3, -0.25) is 4.90 Å². The van der Waals surface area contributed by atoms with E-state index in [2.05, 4.69) is 33.1 Å². The Morgan fingerprint density at radius 3 is 2.81 bits per heavy atom. The third kappa shape index (κ3) is 3.36. The summed E-state index contributed by atoms with van der Waals surface area (Å²) in [7, 11) is 0. The average molecular weight is 363 g/mol. The molecule has 5 nitrogen and oxygen atoms in total. The molecule has 1 saturated heterocycles. The molecule has 132 valence electrons. The smallest absolute Gasteiger partial charge is 0.142 e. The highest BCUT2D eigenvalue weighted by Gasteiger charge is 2.17. The number of rotatable bonds is 4. The average Bonchev–Trinajstić information content (AvgIpc) is 3.34. The van der Waals surface area contributed by atoms with Crippen LogP contribution in [0, 0.1) is 11.3 Å². The Labute approximate surface area is 157 Å². The molecule has 0 amide bonds. The van der Waals surface area contributed by atoms with Crippen LogP contribution in [0.4, 0.5) is 5.82 Å². The van der Waals surface area contributed by atoms with E-state index in [-0.39, 0.29) is 5.82 Å². The van der Waals surface area contributed by atoms with E-state index in [1.165, 1.54) is 37.2 Å². The fourth-order valence-corrected chi connectivity index (χ4v) is 4.52.